The van der Waals surface area contributed by atoms with Crippen LogP contribution in [0.4, 0.5) is 0 Å². The van der Waals surface area contributed by atoms with Crippen molar-refractivity contribution >= 4 is 11.4 Å². The summed E-state index contributed by atoms with van der Waals surface area (Å²) in [4.78, 5) is 12.0. The normalized spacial score (nSPS) is 10.6. The topological polar surface area (TPSA) is 17.1 Å². The SMILES string of the molecule is CC(=O)CCC(C#CC=C(c1ccccc1)c1ccccc1)(c1ccccc1)c1ccccc1. The van der Waals surface area contributed by atoms with Crippen LogP contribution in [0.5, 0.6) is 0 Å². The standard InChI is InChI=1S/C33H28O/c1-27(34)24-26-33(30-19-10-4-11-20-30,31-21-12-5-13-22-31)25-14-23-32(28-15-6-2-7-16-28)29-17-8-3-9-18-29/h2-13,15-23H,24,26H2,1H3. The summed E-state index contributed by atoms with van der Waals surface area (Å²) in [7, 11) is 0. The Hall–Kier alpha value is -4.15. The zero-order valence-corrected chi connectivity index (χ0v) is 19.4. The Morgan fingerprint density at radius 2 is 1.09 bits per heavy atom. The first-order valence-corrected chi connectivity index (χ1v) is 11.6. The highest BCUT2D eigenvalue weighted by Crippen LogP contribution is 2.36. The minimum Gasteiger partial charge on any atom is -0.300 e. The molecule has 4 aromatic rings. The van der Waals surface area contributed by atoms with E-state index in [1.807, 2.05) is 78.9 Å². The number of hydrogen-bond donors (Lipinski definition) is 0. The fourth-order valence-corrected chi connectivity index (χ4v) is 4.27. The lowest BCUT2D eigenvalue weighted by molar-refractivity contribution is -0.117. The third-order valence-electron chi connectivity index (χ3n) is 6.06. The summed E-state index contributed by atoms with van der Waals surface area (Å²) >= 11 is 0. The highest BCUT2D eigenvalue weighted by Gasteiger charge is 2.32. The van der Waals surface area contributed by atoms with Gasteiger partial charge in [0.05, 0.1) is 5.41 Å². The second-order valence-electron chi connectivity index (χ2n) is 8.40. The van der Waals surface area contributed by atoms with Gasteiger partial charge in [0, 0.05) is 6.42 Å². The van der Waals surface area contributed by atoms with Crippen LogP contribution in [-0.4, -0.2) is 5.78 Å². The second kappa shape index (κ2) is 11.1. The van der Waals surface area contributed by atoms with Crippen molar-refractivity contribution in [1.29, 1.82) is 0 Å². The number of benzene rings is 4. The molecular formula is C33H28O. The van der Waals surface area contributed by atoms with E-state index < -0.39 is 5.41 Å². The molecule has 0 unspecified atom stereocenters. The summed E-state index contributed by atoms with van der Waals surface area (Å²) < 4.78 is 0. The Bertz CT molecular complexity index is 1210. The predicted octanol–water partition coefficient (Wildman–Crippen LogP) is 7.48. The first-order valence-electron chi connectivity index (χ1n) is 11.6. The number of hydrogen-bond acceptors (Lipinski definition) is 1. The van der Waals surface area contributed by atoms with Crippen molar-refractivity contribution < 1.29 is 4.79 Å². The zero-order chi connectivity index (χ0) is 23.6. The number of Topliss-reactive ketones (excluding diaryl/α,β-unsaturated/α-hetero) is 1. The molecule has 1 nitrogen and oxygen atoms in total. The Labute approximate surface area is 202 Å². The van der Waals surface area contributed by atoms with Crippen molar-refractivity contribution in [2.24, 2.45) is 0 Å². The molecule has 0 N–H and O–H groups in total. The molecule has 0 fully saturated rings. The molecule has 0 aliphatic rings. The lowest BCUT2D eigenvalue weighted by Gasteiger charge is -2.30. The van der Waals surface area contributed by atoms with Gasteiger partial charge in [-0.05, 0) is 47.2 Å². The van der Waals surface area contributed by atoms with Gasteiger partial charge in [0.15, 0.2) is 0 Å². The van der Waals surface area contributed by atoms with Gasteiger partial charge in [0.25, 0.3) is 0 Å². The molecule has 0 aliphatic carbocycles. The van der Waals surface area contributed by atoms with Gasteiger partial charge in [-0.1, -0.05) is 133 Å². The number of carbonyl (C=O) groups excluding carboxylic acids is 1. The summed E-state index contributed by atoms with van der Waals surface area (Å²) in [5.74, 6) is 7.20. The first-order chi connectivity index (χ1) is 16.7. The smallest absolute Gasteiger partial charge is 0.129 e. The number of allylic oxidation sites excluding steroid dienone is 1. The molecule has 4 aromatic carbocycles. The van der Waals surface area contributed by atoms with E-state index >= 15 is 0 Å². The average Bonchev–Trinajstić information content (AvgIpc) is 2.90. The van der Waals surface area contributed by atoms with Gasteiger partial charge in [-0.25, -0.2) is 0 Å². The lowest BCUT2D eigenvalue weighted by atomic mass is 9.71. The van der Waals surface area contributed by atoms with E-state index in [0.717, 1.165) is 27.8 Å². The van der Waals surface area contributed by atoms with Crippen molar-refractivity contribution in [3.8, 4) is 11.8 Å². The van der Waals surface area contributed by atoms with Crippen LogP contribution < -0.4 is 0 Å². The van der Waals surface area contributed by atoms with Crippen LogP contribution in [0.3, 0.4) is 0 Å². The number of rotatable bonds is 7. The maximum absolute atomic E-state index is 12.0. The van der Waals surface area contributed by atoms with Gasteiger partial charge in [-0.15, -0.1) is 0 Å². The molecule has 4 rings (SSSR count). The maximum atomic E-state index is 12.0. The predicted molar refractivity (Wildman–Crippen MR) is 141 cm³/mol. The minimum atomic E-state index is -0.580. The average molecular weight is 441 g/mol. The van der Waals surface area contributed by atoms with Gasteiger partial charge < -0.3 is 4.79 Å². The third-order valence-corrected chi connectivity index (χ3v) is 6.06. The molecule has 0 bridgehead atoms. The van der Waals surface area contributed by atoms with E-state index in [9.17, 15) is 4.79 Å². The molecule has 0 spiro atoms. The fraction of sp³-hybridized carbons (Fsp3) is 0.121. The fourth-order valence-electron chi connectivity index (χ4n) is 4.27. The Balaban J connectivity index is 1.89. The number of carbonyl (C=O) groups is 1. The molecule has 0 aliphatic heterocycles. The van der Waals surface area contributed by atoms with Crippen LogP contribution in [0.25, 0.3) is 5.57 Å². The summed E-state index contributed by atoms with van der Waals surface area (Å²) in [6, 6.07) is 41.3. The highest BCUT2D eigenvalue weighted by atomic mass is 16.1. The molecule has 1 heteroatoms. The largest absolute Gasteiger partial charge is 0.300 e. The van der Waals surface area contributed by atoms with Crippen LogP contribution in [0.15, 0.2) is 127 Å². The lowest BCUT2D eigenvalue weighted by Crippen LogP contribution is -2.27. The highest BCUT2D eigenvalue weighted by molar-refractivity contribution is 5.81. The molecule has 0 aromatic heterocycles. The molecule has 0 amide bonds. The molecule has 166 valence electrons. The van der Waals surface area contributed by atoms with E-state index in [0.29, 0.717) is 12.8 Å². The van der Waals surface area contributed by atoms with E-state index in [1.165, 1.54) is 0 Å². The molecule has 0 saturated heterocycles. The van der Waals surface area contributed by atoms with Gasteiger partial charge in [0.2, 0.25) is 0 Å². The summed E-state index contributed by atoms with van der Waals surface area (Å²) in [6.07, 6.45) is 3.11. The Morgan fingerprint density at radius 3 is 1.50 bits per heavy atom. The van der Waals surface area contributed by atoms with Crippen LogP contribution in [0.1, 0.15) is 42.0 Å². The molecule has 34 heavy (non-hydrogen) atoms. The van der Waals surface area contributed by atoms with Crippen LogP contribution in [-0.2, 0) is 10.2 Å². The molecule has 0 heterocycles. The maximum Gasteiger partial charge on any atom is 0.129 e. The quantitative estimate of drug-likeness (QED) is 0.272. The Morgan fingerprint density at radius 1 is 0.676 bits per heavy atom. The van der Waals surface area contributed by atoms with Crippen molar-refractivity contribution in [1.82, 2.24) is 0 Å². The molecular weight excluding hydrogens is 412 g/mol. The van der Waals surface area contributed by atoms with E-state index in [1.54, 1.807) is 6.92 Å². The van der Waals surface area contributed by atoms with Gasteiger partial charge in [-0.3, -0.25) is 0 Å². The molecule has 0 radical (unpaired) electrons. The summed E-state index contributed by atoms with van der Waals surface area (Å²) in [5.41, 5.74) is 4.95. The van der Waals surface area contributed by atoms with Crippen LogP contribution in [0, 0.1) is 11.8 Å². The van der Waals surface area contributed by atoms with E-state index in [4.69, 9.17) is 0 Å². The van der Waals surface area contributed by atoms with E-state index in [-0.39, 0.29) is 5.78 Å². The summed E-state index contributed by atoms with van der Waals surface area (Å²) in [5, 5.41) is 0. The van der Waals surface area contributed by atoms with Gasteiger partial charge in [0.1, 0.15) is 5.78 Å². The van der Waals surface area contributed by atoms with Crippen molar-refractivity contribution in [3.05, 3.63) is 150 Å². The van der Waals surface area contributed by atoms with E-state index in [2.05, 4.69) is 60.4 Å². The monoisotopic (exact) mass is 440 g/mol. The van der Waals surface area contributed by atoms with Gasteiger partial charge in [-0.2, -0.15) is 0 Å². The molecule has 0 atom stereocenters. The Kier molecular flexibility index (Phi) is 7.53. The van der Waals surface area contributed by atoms with Crippen LogP contribution >= 0.6 is 0 Å². The minimum absolute atomic E-state index is 0.169. The van der Waals surface area contributed by atoms with Crippen molar-refractivity contribution in [2.75, 3.05) is 0 Å². The number of ketones is 1. The summed E-state index contributed by atoms with van der Waals surface area (Å²) in [6.45, 7) is 1.65. The first kappa shape index (κ1) is 23.0. The molecule has 0 saturated carbocycles. The van der Waals surface area contributed by atoms with Gasteiger partial charge >= 0.3 is 0 Å². The second-order valence-corrected chi connectivity index (χ2v) is 8.40. The van der Waals surface area contributed by atoms with Crippen molar-refractivity contribution in [2.45, 2.75) is 25.2 Å². The third kappa shape index (κ3) is 5.42. The van der Waals surface area contributed by atoms with Crippen molar-refractivity contribution in [3.63, 3.8) is 0 Å². The zero-order valence-electron chi connectivity index (χ0n) is 19.4. The van der Waals surface area contributed by atoms with Crippen LogP contribution in [0.2, 0.25) is 0 Å².